The van der Waals surface area contributed by atoms with E-state index in [1.54, 1.807) is 30.2 Å². The van der Waals surface area contributed by atoms with E-state index in [0.717, 1.165) is 32.8 Å². The summed E-state index contributed by atoms with van der Waals surface area (Å²) in [6.07, 6.45) is 0. The van der Waals surface area contributed by atoms with Crippen molar-refractivity contribution in [3.05, 3.63) is 34.3 Å². The fraction of sp³-hybridized carbons (Fsp3) is 0.250. The average molecular weight is 266 g/mol. The fourth-order valence-electron chi connectivity index (χ4n) is 1.43. The molecule has 5 heteroatoms. The number of thiazole rings is 1. The summed E-state index contributed by atoms with van der Waals surface area (Å²) in [5.41, 5.74) is 7.54. The molecule has 90 valence electrons. The molecule has 1 aromatic carbocycles. The highest BCUT2D eigenvalue weighted by Gasteiger charge is 2.06. The summed E-state index contributed by atoms with van der Waals surface area (Å²) in [5.74, 6) is 1.67. The zero-order valence-electron chi connectivity index (χ0n) is 9.77. The van der Waals surface area contributed by atoms with Crippen LogP contribution >= 0.6 is 23.1 Å². The maximum Gasteiger partial charge on any atom is 0.134 e. The monoisotopic (exact) mass is 266 g/mol. The topological polar surface area (TPSA) is 48.1 Å². The van der Waals surface area contributed by atoms with Crippen LogP contribution in [0.3, 0.4) is 0 Å². The first-order valence-corrected chi connectivity index (χ1v) is 7.03. The lowest BCUT2D eigenvalue weighted by Crippen LogP contribution is -1.90. The molecule has 2 N–H and O–H groups in total. The van der Waals surface area contributed by atoms with Gasteiger partial charge in [0.25, 0.3) is 0 Å². The molecule has 0 radical (unpaired) electrons. The normalized spacial score (nSPS) is 10.5. The molecule has 0 fully saturated rings. The van der Waals surface area contributed by atoms with Gasteiger partial charge in [0.05, 0.1) is 17.8 Å². The van der Waals surface area contributed by atoms with Crippen molar-refractivity contribution in [2.45, 2.75) is 17.6 Å². The van der Waals surface area contributed by atoms with E-state index >= 15 is 0 Å². The predicted octanol–water partition coefficient (Wildman–Crippen LogP) is 3.33. The minimum atomic E-state index is 0.718. The van der Waals surface area contributed by atoms with Crippen LogP contribution in [0.4, 0.5) is 5.69 Å². The summed E-state index contributed by atoms with van der Waals surface area (Å²) in [4.78, 5) is 5.52. The summed E-state index contributed by atoms with van der Waals surface area (Å²) in [6.45, 7) is 2.02. The first kappa shape index (κ1) is 12.3. The molecule has 1 heterocycles. The van der Waals surface area contributed by atoms with E-state index in [0.29, 0.717) is 0 Å². The van der Waals surface area contributed by atoms with Crippen LogP contribution in [-0.4, -0.2) is 12.1 Å². The standard InChI is InChI=1S/C12H14N2OS2/c1-8-14-10(6-16-8)7-17-12-4-3-9(13)5-11(12)15-2/h3-6H,7,13H2,1-2H3. The Bertz CT molecular complexity index is 511. The first-order chi connectivity index (χ1) is 8.19. The van der Waals surface area contributed by atoms with Gasteiger partial charge in [0.2, 0.25) is 0 Å². The van der Waals surface area contributed by atoms with Gasteiger partial charge in [-0.1, -0.05) is 0 Å². The van der Waals surface area contributed by atoms with Crippen LogP contribution in [0.15, 0.2) is 28.5 Å². The predicted molar refractivity (Wildman–Crippen MR) is 73.8 cm³/mol. The highest BCUT2D eigenvalue weighted by atomic mass is 32.2. The van der Waals surface area contributed by atoms with Crippen molar-refractivity contribution >= 4 is 28.8 Å². The molecule has 0 saturated carbocycles. The molecule has 0 bridgehead atoms. The Kier molecular flexibility index (Phi) is 3.91. The number of benzene rings is 1. The lowest BCUT2D eigenvalue weighted by molar-refractivity contribution is 0.405. The van der Waals surface area contributed by atoms with Crippen molar-refractivity contribution in [2.75, 3.05) is 12.8 Å². The largest absolute Gasteiger partial charge is 0.496 e. The van der Waals surface area contributed by atoms with E-state index in [4.69, 9.17) is 10.5 Å². The van der Waals surface area contributed by atoms with Gasteiger partial charge >= 0.3 is 0 Å². The van der Waals surface area contributed by atoms with E-state index in [-0.39, 0.29) is 0 Å². The van der Waals surface area contributed by atoms with Crippen molar-refractivity contribution in [1.29, 1.82) is 0 Å². The molecule has 2 rings (SSSR count). The smallest absolute Gasteiger partial charge is 0.134 e. The number of ether oxygens (including phenoxy) is 1. The molecule has 0 aliphatic rings. The number of methoxy groups -OCH3 is 1. The van der Waals surface area contributed by atoms with Crippen LogP contribution < -0.4 is 10.5 Å². The van der Waals surface area contributed by atoms with E-state index in [2.05, 4.69) is 10.4 Å². The quantitative estimate of drug-likeness (QED) is 0.681. The van der Waals surface area contributed by atoms with Crippen LogP contribution in [0.25, 0.3) is 0 Å². The second-order valence-electron chi connectivity index (χ2n) is 3.56. The Morgan fingerprint density at radius 2 is 2.29 bits per heavy atom. The molecule has 0 atom stereocenters. The highest BCUT2D eigenvalue weighted by Crippen LogP contribution is 2.33. The number of aryl methyl sites for hydroxylation is 1. The van der Waals surface area contributed by atoms with Gasteiger partial charge in [-0.3, -0.25) is 0 Å². The second-order valence-corrected chi connectivity index (χ2v) is 5.64. The number of nitrogens with zero attached hydrogens (tertiary/aromatic N) is 1. The van der Waals surface area contributed by atoms with Crippen molar-refractivity contribution in [3.8, 4) is 5.75 Å². The molecular weight excluding hydrogens is 252 g/mol. The molecule has 0 aliphatic heterocycles. The van der Waals surface area contributed by atoms with Gasteiger partial charge in [0.15, 0.2) is 0 Å². The lowest BCUT2D eigenvalue weighted by atomic mass is 10.3. The summed E-state index contributed by atoms with van der Waals surface area (Å²) < 4.78 is 5.30. The van der Waals surface area contributed by atoms with Gasteiger partial charge in [0.1, 0.15) is 5.75 Å². The maximum atomic E-state index is 5.71. The van der Waals surface area contributed by atoms with Crippen molar-refractivity contribution < 1.29 is 4.74 Å². The maximum absolute atomic E-state index is 5.71. The fourth-order valence-corrected chi connectivity index (χ4v) is 3.05. The zero-order valence-corrected chi connectivity index (χ0v) is 11.4. The van der Waals surface area contributed by atoms with Gasteiger partial charge in [-0.05, 0) is 19.1 Å². The van der Waals surface area contributed by atoms with Gasteiger partial charge < -0.3 is 10.5 Å². The van der Waals surface area contributed by atoms with Crippen molar-refractivity contribution in [1.82, 2.24) is 4.98 Å². The van der Waals surface area contributed by atoms with Gasteiger partial charge in [-0.15, -0.1) is 23.1 Å². The molecule has 0 aliphatic carbocycles. The number of rotatable bonds is 4. The molecule has 0 unspecified atom stereocenters. The highest BCUT2D eigenvalue weighted by molar-refractivity contribution is 7.98. The third-order valence-electron chi connectivity index (χ3n) is 2.23. The second kappa shape index (κ2) is 5.42. The summed E-state index contributed by atoms with van der Waals surface area (Å²) >= 11 is 3.39. The van der Waals surface area contributed by atoms with Crippen LogP contribution in [0.5, 0.6) is 5.75 Å². The Hall–Kier alpha value is -1.20. The molecule has 0 saturated heterocycles. The van der Waals surface area contributed by atoms with E-state index < -0.39 is 0 Å². The Morgan fingerprint density at radius 3 is 2.94 bits per heavy atom. The molecule has 3 nitrogen and oxygen atoms in total. The van der Waals surface area contributed by atoms with Crippen LogP contribution in [-0.2, 0) is 5.75 Å². The summed E-state index contributed by atoms with van der Waals surface area (Å²) in [5, 5.41) is 3.19. The third-order valence-corrected chi connectivity index (χ3v) is 4.14. The lowest BCUT2D eigenvalue weighted by Gasteiger charge is -2.07. The van der Waals surface area contributed by atoms with Crippen LogP contribution in [0.2, 0.25) is 0 Å². The van der Waals surface area contributed by atoms with Gasteiger partial charge in [-0.2, -0.15) is 0 Å². The number of nitrogens with two attached hydrogens (primary N) is 1. The summed E-state index contributed by atoms with van der Waals surface area (Å²) in [7, 11) is 1.66. The number of hydrogen-bond acceptors (Lipinski definition) is 5. The van der Waals surface area contributed by atoms with E-state index in [1.807, 2.05) is 25.1 Å². The Balaban J connectivity index is 2.08. The number of hydrogen-bond donors (Lipinski definition) is 1. The number of aromatic nitrogens is 1. The first-order valence-electron chi connectivity index (χ1n) is 5.16. The summed E-state index contributed by atoms with van der Waals surface area (Å²) in [6, 6.07) is 5.71. The Morgan fingerprint density at radius 1 is 1.47 bits per heavy atom. The molecule has 17 heavy (non-hydrogen) atoms. The number of thioether (sulfide) groups is 1. The molecular formula is C12H14N2OS2. The van der Waals surface area contributed by atoms with E-state index in [9.17, 15) is 0 Å². The SMILES string of the molecule is COc1cc(N)ccc1SCc1csc(C)n1. The molecule has 1 aromatic heterocycles. The van der Waals surface area contributed by atoms with Crippen LogP contribution in [0, 0.1) is 6.92 Å². The molecule has 2 aromatic rings. The van der Waals surface area contributed by atoms with Crippen molar-refractivity contribution in [3.63, 3.8) is 0 Å². The number of anilines is 1. The number of nitrogen functional groups attached to an aromatic ring is 1. The van der Waals surface area contributed by atoms with Crippen molar-refractivity contribution in [2.24, 2.45) is 0 Å². The van der Waals surface area contributed by atoms with Gasteiger partial charge in [-0.25, -0.2) is 4.98 Å². The zero-order chi connectivity index (χ0) is 12.3. The van der Waals surface area contributed by atoms with Gasteiger partial charge in [0, 0.05) is 27.8 Å². The minimum absolute atomic E-state index is 0.718. The molecule has 0 spiro atoms. The average Bonchev–Trinajstić information content (AvgIpc) is 2.73. The Labute approximate surface area is 109 Å². The third kappa shape index (κ3) is 3.14. The minimum Gasteiger partial charge on any atom is -0.496 e. The van der Waals surface area contributed by atoms with E-state index in [1.165, 1.54) is 0 Å². The van der Waals surface area contributed by atoms with Crippen LogP contribution in [0.1, 0.15) is 10.7 Å². The molecule has 0 amide bonds.